The molecule has 1 heterocycles. The van der Waals surface area contributed by atoms with Crippen LogP contribution in [0.15, 0.2) is 29.3 Å². The van der Waals surface area contributed by atoms with Crippen molar-refractivity contribution in [3.05, 3.63) is 35.6 Å². The van der Waals surface area contributed by atoms with E-state index < -0.39 is 0 Å². The molecule has 1 aliphatic rings. The van der Waals surface area contributed by atoms with E-state index in [1.54, 1.807) is 12.1 Å². The van der Waals surface area contributed by atoms with Gasteiger partial charge in [-0.25, -0.2) is 4.39 Å². The second-order valence-electron chi connectivity index (χ2n) is 6.01. The van der Waals surface area contributed by atoms with E-state index in [0.717, 1.165) is 5.56 Å². The number of imide groups is 1. The van der Waals surface area contributed by atoms with Crippen LogP contribution in [0, 0.1) is 5.82 Å². The fourth-order valence-electron chi connectivity index (χ4n) is 2.71. The molecule has 0 atom stereocenters. The van der Waals surface area contributed by atoms with E-state index in [9.17, 15) is 14.0 Å². The Morgan fingerprint density at radius 2 is 1.85 bits per heavy atom. The molecule has 1 N–H and O–H groups in total. The van der Waals surface area contributed by atoms with Gasteiger partial charge < -0.3 is 10.2 Å². The molecule has 8 heteroatoms. The molecule has 1 fully saturated rings. The molecule has 1 saturated heterocycles. The highest BCUT2D eigenvalue weighted by Crippen LogP contribution is 2.11. The maximum atomic E-state index is 13.0. The lowest BCUT2D eigenvalue weighted by molar-refractivity contribution is -0.147. The molecule has 0 bridgehead atoms. The van der Waals surface area contributed by atoms with E-state index in [4.69, 9.17) is 0 Å². The third kappa shape index (κ3) is 6.54. The van der Waals surface area contributed by atoms with Crippen LogP contribution in [-0.4, -0.2) is 54.3 Å². The van der Waals surface area contributed by atoms with E-state index in [1.807, 2.05) is 18.9 Å². The van der Waals surface area contributed by atoms with Gasteiger partial charge in [-0.05, 0) is 31.0 Å². The van der Waals surface area contributed by atoms with Gasteiger partial charge in [0, 0.05) is 39.5 Å². The number of aliphatic imine (C=N–C) groups is 1. The van der Waals surface area contributed by atoms with Gasteiger partial charge in [-0.1, -0.05) is 12.1 Å². The Labute approximate surface area is 170 Å². The van der Waals surface area contributed by atoms with Crippen molar-refractivity contribution in [3.63, 3.8) is 0 Å². The first-order valence-corrected chi connectivity index (χ1v) is 8.58. The van der Waals surface area contributed by atoms with Crippen molar-refractivity contribution in [2.45, 2.75) is 32.7 Å². The van der Waals surface area contributed by atoms with E-state index in [2.05, 4.69) is 10.3 Å². The van der Waals surface area contributed by atoms with E-state index >= 15 is 0 Å². The lowest BCUT2D eigenvalue weighted by Gasteiger charge is -2.25. The van der Waals surface area contributed by atoms with Crippen molar-refractivity contribution in [2.24, 2.45) is 4.99 Å². The highest BCUT2D eigenvalue weighted by molar-refractivity contribution is 14.0. The van der Waals surface area contributed by atoms with Crippen molar-refractivity contribution in [3.8, 4) is 0 Å². The van der Waals surface area contributed by atoms with Crippen molar-refractivity contribution in [1.29, 1.82) is 0 Å². The van der Waals surface area contributed by atoms with Crippen LogP contribution in [0.25, 0.3) is 0 Å². The minimum absolute atomic E-state index is 0. The minimum Gasteiger partial charge on any atom is -0.357 e. The Balaban J connectivity index is 0.00000338. The number of nitrogens with zero attached hydrogens (tertiary/aromatic N) is 3. The number of carbonyl (C=O) groups is 2. The van der Waals surface area contributed by atoms with Crippen LogP contribution in [0.3, 0.4) is 0 Å². The SMILES string of the molecule is CCNC(=NCCN1C(=O)CCCC1=O)N(C)Cc1ccc(F)cc1.I. The molecule has 0 unspecified atom stereocenters. The average molecular weight is 476 g/mol. The van der Waals surface area contributed by atoms with Gasteiger partial charge in [0.1, 0.15) is 5.82 Å². The zero-order valence-corrected chi connectivity index (χ0v) is 17.5. The van der Waals surface area contributed by atoms with Gasteiger partial charge >= 0.3 is 0 Å². The number of benzene rings is 1. The monoisotopic (exact) mass is 476 g/mol. The van der Waals surface area contributed by atoms with Crippen LogP contribution < -0.4 is 5.32 Å². The van der Waals surface area contributed by atoms with E-state index in [0.29, 0.717) is 51.4 Å². The number of carbonyl (C=O) groups excluding carboxylic acids is 2. The predicted octanol–water partition coefficient (Wildman–Crippen LogP) is 2.38. The second kappa shape index (κ2) is 11.1. The average Bonchev–Trinajstić information content (AvgIpc) is 2.58. The summed E-state index contributed by atoms with van der Waals surface area (Å²) in [6, 6.07) is 6.34. The maximum Gasteiger partial charge on any atom is 0.229 e. The standard InChI is InChI=1S/C18H25FN4O2.HI/c1-3-20-18(22(2)13-14-7-9-15(19)10-8-14)21-11-12-23-16(24)5-4-6-17(23)25;/h7-10H,3-6,11-13H2,1-2H3,(H,20,21);1H. The summed E-state index contributed by atoms with van der Waals surface area (Å²) in [4.78, 5) is 31.3. The number of hydrogen-bond acceptors (Lipinski definition) is 3. The lowest BCUT2D eigenvalue weighted by atomic mass is 10.1. The highest BCUT2D eigenvalue weighted by Gasteiger charge is 2.25. The van der Waals surface area contributed by atoms with Gasteiger partial charge in [0.25, 0.3) is 0 Å². The zero-order chi connectivity index (χ0) is 18.2. The summed E-state index contributed by atoms with van der Waals surface area (Å²) in [5.41, 5.74) is 0.968. The Morgan fingerprint density at radius 1 is 1.23 bits per heavy atom. The maximum absolute atomic E-state index is 13.0. The lowest BCUT2D eigenvalue weighted by Crippen LogP contribution is -2.42. The number of piperidine rings is 1. The molecule has 1 aromatic carbocycles. The number of guanidine groups is 1. The van der Waals surface area contributed by atoms with Crippen molar-refractivity contribution < 1.29 is 14.0 Å². The van der Waals surface area contributed by atoms with Crippen molar-refractivity contribution in [2.75, 3.05) is 26.7 Å². The predicted molar refractivity (Wildman–Crippen MR) is 110 cm³/mol. The Bertz CT molecular complexity index is 621. The number of hydrogen-bond donors (Lipinski definition) is 1. The van der Waals surface area contributed by atoms with Crippen molar-refractivity contribution in [1.82, 2.24) is 15.1 Å². The largest absolute Gasteiger partial charge is 0.357 e. The summed E-state index contributed by atoms with van der Waals surface area (Å²) in [6.07, 6.45) is 1.50. The highest BCUT2D eigenvalue weighted by atomic mass is 127. The quantitative estimate of drug-likeness (QED) is 0.297. The number of amides is 2. The van der Waals surface area contributed by atoms with Gasteiger partial charge in [0.15, 0.2) is 5.96 Å². The second-order valence-corrected chi connectivity index (χ2v) is 6.01. The summed E-state index contributed by atoms with van der Waals surface area (Å²) in [6.45, 7) is 3.91. The number of halogens is 2. The molecule has 0 aromatic heterocycles. The molecule has 2 amide bonds. The first kappa shape index (κ1) is 22.3. The van der Waals surface area contributed by atoms with Gasteiger partial charge in [-0.3, -0.25) is 19.5 Å². The van der Waals surface area contributed by atoms with Crippen LogP contribution in [0.2, 0.25) is 0 Å². The third-order valence-corrected chi connectivity index (χ3v) is 4.00. The van der Waals surface area contributed by atoms with Crippen LogP contribution in [0.4, 0.5) is 4.39 Å². The smallest absolute Gasteiger partial charge is 0.229 e. The molecule has 0 aliphatic carbocycles. The van der Waals surface area contributed by atoms with Gasteiger partial charge in [-0.15, -0.1) is 24.0 Å². The Morgan fingerprint density at radius 3 is 2.42 bits per heavy atom. The van der Waals surface area contributed by atoms with Crippen molar-refractivity contribution >= 4 is 41.8 Å². The summed E-state index contributed by atoms with van der Waals surface area (Å²) < 4.78 is 13.0. The molecule has 0 saturated carbocycles. The summed E-state index contributed by atoms with van der Waals surface area (Å²) in [5, 5.41) is 3.19. The number of likely N-dealkylation sites (tertiary alicyclic amines) is 1. The summed E-state index contributed by atoms with van der Waals surface area (Å²) >= 11 is 0. The van der Waals surface area contributed by atoms with Gasteiger partial charge in [0.05, 0.1) is 6.54 Å². The van der Waals surface area contributed by atoms with Crippen LogP contribution >= 0.6 is 24.0 Å². The summed E-state index contributed by atoms with van der Waals surface area (Å²) in [5.74, 6) is 0.193. The normalized spacial score (nSPS) is 14.9. The molecule has 1 aliphatic heterocycles. The third-order valence-electron chi connectivity index (χ3n) is 4.00. The fraction of sp³-hybridized carbons (Fsp3) is 0.500. The van der Waals surface area contributed by atoms with Crippen LogP contribution in [0.5, 0.6) is 0 Å². The summed E-state index contributed by atoms with van der Waals surface area (Å²) in [7, 11) is 1.89. The first-order valence-electron chi connectivity index (χ1n) is 8.58. The molecule has 26 heavy (non-hydrogen) atoms. The molecule has 0 spiro atoms. The van der Waals surface area contributed by atoms with Gasteiger partial charge in [0.2, 0.25) is 11.8 Å². The van der Waals surface area contributed by atoms with Gasteiger partial charge in [-0.2, -0.15) is 0 Å². The van der Waals surface area contributed by atoms with Crippen LogP contribution in [-0.2, 0) is 16.1 Å². The molecule has 6 nitrogen and oxygen atoms in total. The van der Waals surface area contributed by atoms with Crippen LogP contribution in [0.1, 0.15) is 31.7 Å². The minimum atomic E-state index is -0.261. The Hall–Kier alpha value is -1.71. The van der Waals surface area contributed by atoms with E-state index in [1.165, 1.54) is 17.0 Å². The van der Waals surface area contributed by atoms with E-state index in [-0.39, 0.29) is 41.6 Å². The molecule has 0 radical (unpaired) electrons. The molecule has 1 aromatic rings. The molecule has 2 rings (SSSR count). The first-order chi connectivity index (χ1) is 12.0. The molecular weight excluding hydrogens is 450 g/mol. The molecule has 144 valence electrons. The topological polar surface area (TPSA) is 65.0 Å². The number of nitrogens with one attached hydrogen (secondary N) is 1. The number of rotatable bonds is 6. The Kier molecular flexibility index (Phi) is 9.53. The fourth-order valence-corrected chi connectivity index (χ4v) is 2.71. The molecular formula is C18H26FIN4O2. The zero-order valence-electron chi connectivity index (χ0n) is 15.2.